The molecule has 0 radical (unpaired) electrons. The molecular weight excluding hydrogens is 450 g/mol. The van der Waals surface area contributed by atoms with Crippen molar-refractivity contribution in [1.29, 1.82) is 0 Å². The molecule has 1 N–H and O–H groups in total. The Hall–Kier alpha value is -2.29. The third kappa shape index (κ3) is 4.72. The molecule has 0 bridgehead atoms. The molecule has 2 saturated heterocycles. The van der Waals surface area contributed by atoms with Crippen molar-refractivity contribution in [1.82, 2.24) is 4.31 Å². The number of anilines is 2. The third-order valence-corrected chi connectivity index (χ3v) is 8.21. The summed E-state index contributed by atoms with van der Waals surface area (Å²) >= 11 is 6.20. The van der Waals surface area contributed by atoms with Gasteiger partial charge in [-0.1, -0.05) is 18.0 Å². The Bertz CT molecular complexity index is 1090. The maximum atomic E-state index is 13.3. The van der Waals surface area contributed by atoms with Crippen LogP contribution < -0.4 is 15.0 Å². The number of rotatable bonds is 6. The van der Waals surface area contributed by atoms with Gasteiger partial charge in [-0.05, 0) is 62.1 Å². The van der Waals surface area contributed by atoms with E-state index in [1.807, 2.05) is 0 Å². The molecule has 0 aromatic heterocycles. The number of piperidine rings is 1. The van der Waals surface area contributed by atoms with Crippen LogP contribution in [-0.4, -0.2) is 51.9 Å². The molecule has 4 rings (SSSR count). The van der Waals surface area contributed by atoms with Crippen molar-refractivity contribution in [3.63, 3.8) is 0 Å². The van der Waals surface area contributed by atoms with Gasteiger partial charge in [0.25, 0.3) is 5.91 Å². The zero-order chi connectivity index (χ0) is 22.7. The summed E-state index contributed by atoms with van der Waals surface area (Å²) in [5.74, 6) is 0.140. The number of carbonyl (C=O) groups excluding carboxylic acids is 1. The normalized spacial score (nSPS) is 17.4. The van der Waals surface area contributed by atoms with E-state index in [2.05, 4.69) is 10.2 Å². The summed E-state index contributed by atoms with van der Waals surface area (Å²) in [5, 5.41) is 3.24. The van der Waals surface area contributed by atoms with E-state index in [0.717, 1.165) is 50.9 Å². The van der Waals surface area contributed by atoms with E-state index in [0.29, 0.717) is 35.1 Å². The molecule has 2 aliphatic rings. The average molecular weight is 478 g/mol. The van der Waals surface area contributed by atoms with Crippen LogP contribution in [0.15, 0.2) is 41.3 Å². The molecule has 2 aliphatic heterocycles. The van der Waals surface area contributed by atoms with Crippen LogP contribution in [0.4, 0.5) is 11.4 Å². The van der Waals surface area contributed by atoms with E-state index in [-0.39, 0.29) is 10.8 Å². The average Bonchev–Trinajstić information content (AvgIpc) is 3.34. The van der Waals surface area contributed by atoms with Gasteiger partial charge < -0.3 is 15.0 Å². The highest BCUT2D eigenvalue weighted by Gasteiger charge is 2.29. The van der Waals surface area contributed by atoms with Gasteiger partial charge in [-0.25, -0.2) is 8.42 Å². The number of ether oxygens (including phenoxy) is 1. The molecule has 0 spiro atoms. The van der Waals surface area contributed by atoms with E-state index in [1.54, 1.807) is 30.3 Å². The van der Waals surface area contributed by atoms with Crippen molar-refractivity contribution in [2.45, 2.75) is 37.0 Å². The second-order valence-corrected chi connectivity index (χ2v) is 10.5. The van der Waals surface area contributed by atoms with Gasteiger partial charge in [-0.3, -0.25) is 4.79 Å². The van der Waals surface area contributed by atoms with Crippen molar-refractivity contribution in [2.75, 3.05) is 43.5 Å². The minimum atomic E-state index is -3.65. The van der Waals surface area contributed by atoms with Gasteiger partial charge in [0.2, 0.25) is 10.0 Å². The zero-order valence-electron chi connectivity index (χ0n) is 18.1. The molecule has 9 heteroatoms. The number of sulfonamides is 1. The molecule has 2 fully saturated rings. The summed E-state index contributed by atoms with van der Waals surface area (Å²) < 4.78 is 33.1. The van der Waals surface area contributed by atoms with Crippen LogP contribution in [-0.2, 0) is 10.0 Å². The molecular formula is C23H28ClN3O4S. The quantitative estimate of drug-likeness (QED) is 0.668. The van der Waals surface area contributed by atoms with E-state index >= 15 is 0 Å². The fraction of sp³-hybridized carbons (Fsp3) is 0.435. The highest BCUT2D eigenvalue weighted by molar-refractivity contribution is 7.89. The van der Waals surface area contributed by atoms with Gasteiger partial charge >= 0.3 is 0 Å². The maximum Gasteiger partial charge on any atom is 0.257 e. The number of nitrogens with one attached hydrogen (secondary N) is 1. The summed E-state index contributed by atoms with van der Waals surface area (Å²) in [4.78, 5) is 15.6. The monoisotopic (exact) mass is 477 g/mol. The summed E-state index contributed by atoms with van der Waals surface area (Å²) in [6.07, 6.45) is 4.84. The Labute approximate surface area is 194 Å². The Kier molecular flexibility index (Phi) is 6.93. The fourth-order valence-corrected chi connectivity index (χ4v) is 6.09. The second-order valence-electron chi connectivity index (χ2n) is 8.14. The van der Waals surface area contributed by atoms with E-state index in [1.165, 1.54) is 17.5 Å². The Morgan fingerprint density at radius 3 is 2.31 bits per heavy atom. The van der Waals surface area contributed by atoms with Gasteiger partial charge in [0.1, 0.15) is 5.75 Å². The van der Waals surface area contributed by atoms with Crippen LogP contribution in [0.25, 0.3) is 0 Å². The first-order chi connectivity index (χ1) is 15.4. The maximum absolute atomic E-state index is 13.3. The number of hydrogen-bond donors (Lipinski definition) is 1. The number of halogens is 1. The van der Waals surface area contributed by atoms with Crippen LogP contribution in [0.1, 0.15) is 42.5 Å². The number of nitrogens with zero attached hydrogens (tertiary/aromatic N) is 2. The molecule has 0 aliphatic carbocycles. The summed E-state index contributed by atoms with van der Waals surface area (Å²) in [6.45, 7) is 2.71. The molecule has 32 heavy (non-hydrogen) atoms. The highest BCUT2D eigenvalue weighted by atomic mass is 35.5. The molecule has 172 valence electrons. The topological polar surface area (TPSA) is 78.9 Å². The Morgan fingerprint density at radius 1 is 0.969 bits per heavy atom. The summed E-state index contributed by atoms with van der Waals surface area (Å²) in [6, 6.07) is 9.89. The summed E-state index contributed by atoms with van der Waals surface area (Å²) in [5.41, 5.74) is 1.60. The predicted molar refractivity (Wildman–Crippen MR) is 126 cm³/mol. The standard InChI is InChI=1S/C23H28ClN3O4S/c1-31-22-10-7-17(15-20(22)24)25-23(28)19-16-18(8-9-21(19)26-11-5-6-12-26)32(29,30)27-13-3-2-4-14-27/h7-10,15-16H,2-6,11-14H2,1H3,(H,25,28). The number of carbonyl (C=O) groups is 1. The predicted octanol–water partition coefficient (Wildman–Crippen LogP) is 4.38. The molecule has 0 saturated carbocycles. The lowest BCUT2D eigenvalue weighted by Crippen LogP contribution is -2.35. The van der Waals surface area contributed by atoms with Crippen molar-refractivity contribution < 1.29 is 17.9 Å². The van der Waals surface area contributed by atoms with Crippen molar-refractivity contribution in [2.24, 2.45) is 0 Å². The van der Waals surface area contributed by atoms with Gasteiger partial charge in [0, 0.05) is 37.6 Å². The van der Waals surface area contributed by atoms with Crippen LogP contribution >= 0.6 is 11.6 Å². The molecule has 7 nitrogen and oxygen atoms in total. The molecule has 1 amide bonds. The lowest BCUT2D eigenvalue weighted by molar-refractivity contribution is 0.102. The van der Waals surface area contributed by atoms with Crippen LogP contribution in [0, 0.1) is 0 Å². The first kappa shape index (κ1) is 22.9. The second kappa shape index (κ2) is 9.68. The highest BCUT2D eigenvalue weighted by Crippen LogP contribution is 2.31. The van der Waals surface area contributed by atoms with Crippen molar-refractivity contribution in [3.8, 4) is 5.75 Å². The van der Waals surface area contributed by atoms with Gasteiger partial charge in [-0.15, -0.1) is 0 Å². The van der Waals surface area contributed by atoms with Crippen LogP contribution in [0.5, 0.6) is 5.75 Å². The lowest BCUT2D eigenvalue weighted by Gasteiger charge is -2.27. The number of methoxy groups -OCH3 is 1. The first-order valence-electron chi connectivity index (χ1n) is 10.9. The van der Waals surface area contributed by atoms with Crippen molar-refractivity contribution in [3.05, 3.63) is 47.0 Å². The Balaban J connectivity index is 1.68. The molecule has 2 heterocycles. The number of hydrogen-bond acceptors (Lipinski definition) is 5. The fourth-order valence-electron chi connectivity index (χ4n) is 4.29. The third-order valence-electron chi connectivity index (χ3n) is 6.02. The van der Waals surface area contributed by atoms with E-state index in [4.69, 9.17) is 16.3 Å². The van der Waals surface area contributed by atoms with E-state index in [9.17, 15) is 13.2 Å². The van der Waals surface area contributed by atoms with Gasteiger partial charge in [0.15, 0.2) is 0 Å². The molecule has 2 aromatic rings. The number of amides is 1. The summed E-state index contributed by atoms with van der Waals surface area (Å²) in [7, 11) is -2.13. The number of benzene rings is 2. The largest absolute Gasteiger partial charge is 0.495 e. The van der Waals surface area contributed by atoms with E-state index < -0.39 is 10.0 Å². The first-order valence-corrected chi connectivity index (χ1v) is 12.8. The molecule has 0 atom stereocenters. The minimum Gasteiger partial charge on any atom is -0.495 e. The van der Waals surface area contributed by atoms with Crippen LogP contribution in [0.3, 0.4) is 0 Å². The minimum absolute atomic E-state index is 0.153. The Morgan fingerprint density at radius 2 is 1.66 bits per heavy atom. The van der Waals surface area contributed by atoms with Gasteiger partial charge in [0.05, 0.1) is 22.6 Å². The van der Waals surface area contributed by atoms with Crippen molar-refractivity contribution >= 4 is 38.9 Å². The smallest absolute Gasteiger partial charge is 0.257 e. The van der Waals surface area contributed by atoms with Crippen LogP contribution in [0.2, 0.25) is 5.02 Å². The molecule has 2 aromatic carbocycles. The molecule has 0 unspecified atom stereocenters. The SMILES string of the molecule is COc1ccc(NC(=O)c2cc(S(=O)(=O)N3CCCCC3)ccc2N2CCCC2)cc1Cl. The van der Waals surface area contributed by atoms with Gasteiger partial charge in [-0.2, -0.15) is 4.31 Å². The lowest BCUT2D eigenvalue weighted by atomic mass is 10.1. The zero-order valence-corrected chi connectivity index (χ0v) is 19.7.